The van der Waals surface area contributed by atoms with Gasteiger partial charge in [-0.3, -0.25) is 4.98 Å². The number of ether oxygens (including phenoxy) is 1. The highest BCUT2D eigenvalue weighted by Gasteiger charge is 2.19. The number of alkyl halides is 3. The molecular weight excluding hydrogens is 256 g/mol. The highest BCUT2D eigenvalue weighted by molar-refractivity contribution is 9.08. The van der Waals surface area contributed by atoms with Gasteiger partial charge in [-0.15, -0.1) is 0 Å². The van der Waals surface area contributed by atoms with Crippen LogP contribution in [0, 0.1) is 6.92 Å². The molecule has 0 amide bonds. The minimum Gasteiger partial charge on any atom is -0.496 e. The first-order chi connectivity index (χ1) is 6.60. The van der Waals surface area contributed by atoms with E-state index < -0.39 is 6.43 Å². The second kappa shape index (κ2) is 4.68. The molecule has 0 atom stereocenters. The second-order valence-electron chi connectivity index (χ2n) is 2.76. The van der Waals surface area contributed by atoms with Crippen molar-refractivity contribution in [3.63, 3.8) is 0 Å². The Morgan fingerprint density at radius 3 is 2.64 bits per heavy atom. The van der Waals surface area contributed by atoms with Gasteiger partial charge in [-0.1, -0.05) is 15.9 Å². The van der Waals surface area contributed by atoms with Crippen LogP contribution in [0.15, 0.2) is 6.07 Å². The smallest absolute Gasteiger partial charge is 0.269 e. The number of hydrogen-bond acceptors (Lipinski definition) is 2. The molecule has 5 heteroatoms. The summed E-state index contributed by atoms with van der Waals surface area (Å²) in [4.78, 5) is 4.01. The minimum atomic E-state index is -2.56. The summed E-state index contributed by atoms with van der Waals surface area (Å²) in [7, 11) is 1.37. The number of pyridine rings is 1. The predicted molar refractivity (Wildman–Crippen MR) is 53.1 cm³/mol. The largest absolute Gasteiger partial charge is 0.496 e. The van der Waals surface area contributed by atoms with Gasteiger partial charge in [-0.2, -0.15) is 0 Å². The van der Waals surface area contributed by atoms with Crippen molar-refractivity contribution in [3.8, 4) is 5.75 Å². The average Bonchev–Trinajstić information content (AvgIpc) is 2.15. The van der Waals surface area contributed by atoms with Crippen molar-refractivity contribution in [2.24, 2.45) is 0 Å². The van der Waals surface area contributed by atoms with Crippen LogP contribution in [-0.2, 0) is 5.33 Å². The van der Waals surface area contributed by atoms with Crippen LogP contribution in [0.1, 0.15) is 23.4 Å². The molecule has 0 spiro atoms. The van der Waals surface area contributed by atoms with E-state index in [0.717, 1.165) is 0 Å². The van der Waals surface area contributed by atoms with Crippen LogP contribution in [0.4, 0.5) is 8.78 Å². The maximum atomic E-state index is 12.7. The van der Waals surface area contributed by atoms with Crippen LogP contribution in [0.5, 0.6) is 5.75 Å². The number of methoxy groups -OCH3 is 1. The van der Waals surface area contributed by atoms with Gasteiger partial charge in [0.15, 0.2) is 0 Å². The Bertz CT molecular complexity index is 306. The van der Waals surface area contributed by atoms with Crippen LogP contribution in [-0.4, -0.2) is 12.1 Å². The summed E-state index contributed by atoms with van der Waals surface area (Å²) in [5.41, 5.74) is 0.868. The Balaban J connectivity index is 3.33. The van der Waals surface area contributed by atoms with Crippen molar-refractivity contribution in [2.75, 3.05) is 7.11 Å². The first-order valence-corrected chi connectivity index (χ1v) is 5.10. The quantitative estimate of drug-likeness (QED) is 0.783. The third-order valence-electron chi connectivity index (χ3n) is 1.79. The lowest BCUT2D eigenvalue weighted by Gasteiger charge is -2.11. The van der Waals surface area contributed by atoms with Crippen LogP contribution in [0.25, 0.3) is 0 Å². The van der Waals surface area contributed by atoms with Crippen molar-refractivity contribution in [3.05, 3.63) is 23.0 Å². The third-order valence-corrected chi connectivity index (χ3v) is 2.32. The number of aryl methyl sites for hydroxylation is 1. The van der Waals surface area contributed by atoms with E-state index in [-0.39, 0.29) is 11.3 Å². The Morgan fingerprint density at radius 2 is 2.21 bits per heavy atom. The van der Waals surface area contributed by atoms with Crippen molar-refractivity contribution in [1.82, 2.24) is 4.98 Å². The van der Waals surface area contributed by atoms with Gasteiger partial charge in [-0.05, 0) is 6.92 Å². The molecule has 14 heavy (non-hydrogen) atoms. The van der Waals surface area contributed by atoms with Crippen LogP contribution in [0.2, 0.25) is 0 Å². The second-order valence-corrected chi connectivity index (χ2v) is 3.32. The highest BCUT2D eigenvalue weighted by Crippen LogP contribution is 2.32. The zero-order chi connectivity index (χ0) is 10.7. The molecule has 1 aromatic rings. The molecule has 0 saturated heterocycles. The highest BCUT2D eigenvalue weighted by atomic mass is 79.9. The summed E-state index contributed by atoms with van der Waals surface area (Å²) < 4.78 is 30.2. The minimum absolute atomic E-state index is 0.130. The fourth-order valence-electron chi connectivity index (χ4n) is 1.22. The van der Waals surface area contributed by atoms with Crippen LogP contribution >= 0.6 is 15.9 Å². The fourth-order valence-corrected chi connectivity index (χ4v) is 1.65. The lowest BCUT2D eigenvalue weighted by atomic mass is 10.1. The summed E-state index contributed by atoms with van der Waals surface area (Å²) in [6, 6.07) is 1.51. The normalized spacial score (nSPS) is 10.7. The molecule has 0 N–H and O–H groups in total. The molecule has 2 nitrogen and oxygen atoms in total. The van der Waals surface area contributed by atoms with E-state index in [4.69, 9.17) is 4.74 Å². The molecule has 0 radical (unpaired) electrons. The summed E-state index contributed by atoms with van der Waals surface area (Å²) in [5.74, 6) is 0.196. The Labute approximate surface area is 89.4 Å². The standard InChI is InChI=1S/C9H10BrF2NO/c1-5-3-7(14-2)8(9(11)12)6(4-10)13-5/h3,9H,4H2,1-2H3. The summed E-state index contributed by atoms with van der Waals surface area (Å²) in [6.07, 6.45) is -2.56. The van der Waals surface area contributed by atoms with Gasteiger partial charge in [0.05, 0.1) is 18.4 Å². The van der Waals surface area contributed by atoms with Gasteiger partial charge in [0.1, 0.15) is 5.75 Å². The number of rotatable bonds is 3. The topological polar surface area (TPSA) is 22.1 Å². The van der Waals surface area contributed by atoms with E-state index in [1.807, 2.05) is 0 Å². The van der Waals surface area contributed by atoms with Gasteiger partial charge < -0.3 is 4.74 Å². The van der Waals surface area contributed by atoms with E-state index in [1.165, 1.54) is 13.2 Å². The molecule has 1 aromatic heterocycles. The zero-order valence-corrected chi connectivity index (χ0v) is 9.44. The van der Waals surface area contributed by atoms with E-state index in [1.54, 1.807) is 6.92 Å². The maximum absolute atomic E-state index is 12.7. The van der Waals surface area contributed by atoms with Crippen LogP contribution in [0.3, 0.4) is 0 Å². The number of aromatic nitrogens is 1. The number of nitrogens with zero attached hydrogens (tertiary/aromatic N) is 1. The summed E-state index contributed by atoms with van der Waals surface area (Å²) >= 11 is 3.12. The Morgan fingerprint density at radius 1 is 1.57 bits per heavy atom. The zero-order valence-electron chi connectivity index (χ0n) is 7.85. The average molecular weight is 266 g/mol. The molecule has 0 aliphatic heterocycles. The first-order valence-electron chi connectivity index (χ1n) is 3.98. The molecule has 0 fully saturated rings. The molecule has 0 bridgehead atoms. The van der Waals surface area contributed by atoms with E-state index in [0.29, 0.717) is 16.7 Å². The molecule has 0 aliphatic rings. The molecule has 1 rings (SSSR count). The van der Waals surface area contributed by atoms with Gasteiger partial charge in [0.2, 0.25) is 0 Å². The number of hydrogen-bond donors (Lipinski definition) is 0. The maximum Gasteiger partial charge on any atom is 0.269 e. The number of halogens is 3. The SMILES string of the molecule is COc1cc(C)nc(CBr)c1C(F)F. The van der Waals surface area contributed by atoms with Crippen molar-refractivity contribution in [2.45, 2.75) is 18.7 Å². The first kappa shape index (κ1) is 11.4. The molecule has 0 unspecified atom stereocenters. The van der Waals surface area contributed by atoms with Gasteiger partial charge in [0.25, 0.3) is 6.43 Å². The van der Waals surface area contributed by atoms with Gasteiger partial charge in [-0.25, -0.2) is 8.78 Å². The molecule has 0 aromatic carbocycles. The van der Waals surface area contributed by atoms with E-state index in [2.05, 4.69) is 20.9 Å². The molecule has 78 valence electrons. The van der Waals surface area contributed by atoms with Crippen molar-refractivity contribution in [1.29, 1.82) is 0 Å². The van der Waals surface area contributed by atoms with E-state index in [9.17, 15) is 8.78 Å². The van der Waals surface area contributed by atoms with Gasteiger partial charge >= 0.3 is 0 Å². The molecule has 1 heterocycles. The molecular formula is C9H10BrF2NO. The van der Waals surface area contributed by atoms with Crippen molar-refractivity contribution >= 4 is 15.9 Å². The lowest BCUT2D eigenvalue weighted by molar-refractivity contribution is 0.145. The molecule has 0 saturated carbocycles. The third kappa shape index (κ3) is 2.20. The Kier molecular flexibility index (Phi) is 3.80. The van der Waals surface area contributed by atoms with Crippen LogP contribution < -0.4 is 4.74 Å². The predicted octanol–water partition coefficient (Wildman–Crippen LogP) is 3.23. The monoisotopic (exact) mass is 265 g/mol. The van der Waals surface area contributed by atoms with E-state index >= 15 is 0 Å². The lowest BCUT2D eigenvalue weighted by Crippen LogP contribution is -2.02. The fraction of sp³-hybridized carbons (Fsp3) is 0.444. The van der Waals surface area contributed by atoms with Gasteiger partial charge in [0, 0.05) is 17.1 Å². The molecule has 0 aliphatic carbocycles. The summed E-state index contributed by atoms with van der Waals surface area (Å²) in [5, 5.41) is 0.296. The summed E-state index contributed by atoms with van der Waals surface area (Å²) in [6.45, 7) is 1.74. The van der Waals surface area contributed by atoms with Crippen molar-refractivity contribution < 1.29 is 13.5 Å². The Hall–Kier alpha value is -0.710.